The minimum absolute atomic E-state index is 0. The Morgan fingerprint density at radius 2 is 1.55 bits per heavy atom. The van der Waals surface area contributed by atoms with Crippen molar-refractivity contribution in [2.45, 2.75) is 12.2 Å². The molecule has 0 aliphatic carbocycles. The van der Waals surface area contributed by atoms with Gasteiger partial charge in [-0.15, -0.1) is 24.8 Å². The quantitative estimate of drug-likeness (QED) is 0.874. The van der Waals surface area contributed by atoms with Crippen molar-refractivity contribution in [2.24, 2.45) is 0 Å². The van der Waals surface area contributed by atoms with Gasteiger partial charge in [-0.3, -0.25) is 4.90 Å². The van der Waals surface area contributed by atoms with Crippen LogP contribution in [0.1, 0.15) is 11.6 Å². The first kappa shape index (κ1) is 19.8. The lowest BCUT2D eigenvalue weighted by Crippen LogP contribution is -2.49. The van der Waals surface area contributed by atoms with E-state index in [-0.39, 0.29) is 30.4 Å². The predicted octanol–water partition coefficient (Wildman–Crippen LogP) is 3.69. The highest BCUT2D eigenvalue weighted by Crippen LogP contribution is 2.38. The van der Waals surface area contributed by atoms with E-state index in [4.69, 9.17) is 11.6 Å². The number of hydrogen-bond donors (Lipinski definition) is 1. The zero-order valence-corrected chi connectivity index (χ0v) is 12.9. The molecule has 1 aliphatic heterocycles. The largest absolute Gasteiger partial charge is 0.408 e. The van der Waals surface area contributed by atoms with E-state index in [9.17, 15) is 13.2 Å². The van der Waals surface area contributed by atoms with Crippen LogP contribution in [0.5, 0.6) is 0 Å². The van der Waals surface area contributed by atoms with Crippen molar-refractivity contribution in [1.29, 1.82) is 0 Å². The lowest BCUT2D eigenvalue weighted by atomic mass is 10.0. The van der Waals surface area contributed by atoms with Crippen LogP contribution in [-0.4, -0.2) is 37.3 Å². The second-order valence-corrected chi connectivity index (χ2v) is 4.72. The van der Waals surface area contributed by atoms with Crippen molar-refractivity contribution in [1.82, 2.24) is 10.2 Å². The summed E-state index contributed by atoms with van der Waals surface area (Å²) in [5.74, 6) is 0. The molecule has 0 saturated carbocycles. The molecule has 20 heavy (non-hydrogen) atoms. The van der Waals surface area contributed by atoms with E-state index in [1.807, 2.05) is 0 Å². The number of benzene rings is 1. The van der Waals surface area contributed by atoms with Crippen LogP contribution in [0.15, 0.2) is 24.3 Å². The van der Waals surface area contributed by atoms with Crippen molar-refractivity contribution in [3.63, 3.8) is 0 Å². The van der Waals surface area contributed by atoms with E-state index in [1.165, 1.54) is 29.2 Å². The molecule has 1 aromatic carbocycles. The summed E-state index contributed by atoms with van der Waals surface area (Å²) in [6.45, 7) is 1.96. The molecule has 116 valence electrons. The lowest BCUT2D eigenvalue weighted by molar-refractivity contribution is -0.187. The highest BCUT2D eigenvalue weighted by atomic mass is 35.5. The van der Waals surface area contributed by atoms with E-state index < -0.39 is 12.2 Å². The molecule has 0 spiro atoms. The number of halogens is 6. The molecule has 0 amide bonds. The van der Waals surface area contributed by atoms with Gasteiger partial charge in [0.25, 0.3) is 0 Å². The van der Waals surface area contributed by atoms with Crippen LogP contribution in [-0.2, 0) is 0 Å². The molecule has 1 saturated heterocycles. The van der Waals surface area contributed by atoms with E-state index >= 15 is 0 Å². The third-order valence-electron chi connectivity index (χ3n) is 3.01. The average molecular weight is 352 g/mol. The van der Waals surface area contributed by atoms with Crippen molar-refractivity contribution >= 4 is 36.4 Å². The third kappa shape index (κ3) is 4.97. The van der Waals surface area contributed by atoms with Crippen molar-refractivity contribution in [3.05, 3.63) is 34.9 Å². The van der Waals surface area contributed by atoms with Gasteiger partial charge in [0, 0.05) is 31.2 Å². The fourth-order valence-electron chi connectivity index (χ4n) is 2.19. The summed E-state index contributed by atoms with van der Waals surface area (Å²) in [5, 5.41) is 3.50. The van der Waals surface area contributed by atoms with Crippen molar-refractivity contribution < 1.29 is 13.2 Å². The fourth-order valence-corrected chi connectivity index (χ4v) is 2.32. The monoisotopic (exact) mass is 350 g/mol. The molecule has 2 nitrogen and oxygen atoms in total. The first-order valence-electron chi connectivity index (χ1n) is 5.75. The van der Waals surface area contributed by atoms with Crippen molar-refractivity contribution in [3.8, 4) is 0 Å². The normalized spacial score (nSPS) is 17.8. The van der Waals surface area contributed by atoms with Gasteiger partial charge in [0.1, 0.15) is 6.04 Å². The van der Waals surface area contributed by atoms with Gasteiger partial charge in [0.15, 0.2) is 0 Å². The van der Waals surface area contributed by atoms with Gasteiger partial charge in [-0.2, -0.15) is 13.2 Å². The summed E-state index contributed by atoms with van der Waals surface area (Å²) in [6, 6.07) is 4.35. The Labute approximate surface area is 133 Å². The van der Waals surface area contributed by atoms with Crippen LogP contribution in [0.2, 0.25) is 5.02 Å². The lowest BCUT2D eigenvalue weighted by Gasteiger charge is -2.36. The van der Waals surface area contributed by atoms with E-state index in [0.29, 0.717) is 31.2 Å². The molecule has 1 atom stereocenters. The Bertz CT molecular complexity index is 392. The van der Waals surface area contributed by atoms with Crippen LogP contribution in [0.3, 0.4) is 0 Å². The molecule has 0 bridgehead atoms. The Kier molecular flexibility index (Phi) is 8.21. The van der Waals surface area contributed by atoms with E-state index in [1.54, 1.807) is 0 Å². The molecule has 0 radical (unpaired) electrons. The molecule has 2 rings (SSSR count). The molecule has 1 aromatic rings. The van der Waals surface area contributed by atoms with Crippen molar-refractivity contribution in [2.75, 3.05) is 26.2 Å². The highest BCUT2D eigenvalue weighted by Gasteiger charge is 2.44. The molecule has 1 aliphatic rings. The van der Waals surface area contributed by atoms with Gasteiger partial charge in [-0.05, 0) is 17.7 Å². The molecular formula is C12H16Cl3F3N2. The number of hydrogen-bond acceptors (Lipinski definition) is 2. The second kappa shape index (κ2) is 8.29. The van der Waals surface area contributed by atoms with Crippen LogP contribution < -0.4 is 5.32 Å². The van der Waals surface area contributed by atoms with Crippen LogP contribution >= 0.6 is 36.4 Å². The number of alkyl halides is 3. The third-order valence-corrected chi connectivity index (χ3v) is 3.26. The summed E-state index contributed by atoms with van der Waals surface area (Å²) in [6.07, 6.45) is -4.27. The topological polar surface area (TPSA) is 15.3 Å². The smallest absolute Gasteiger partial charge is 0.314 e. The number of nitrogens with one attached hydrogen (secondary N) is 1. The standard InChI is InChI=1S/C12H14ClF3N2.2ClH/c13-10-3-1-9(2-4-10)11(12(14,15)16)18-7-5-17-6-8-18;;/h1-4,11,17H,5-8H2;2*1H/t11-;;/m0../s1. The van der Waals surface area contributed by atoms with Gasteiger partial charge in [0.05, 0.1) is 0 Å². The molecule has 0 aromatic heterocycles. The molecule has 0 unspecified atom stereocenters. The summed E-state index contributed by atoms with van der Waals surface area (Å²) >= 11 is 5.71. The first-order valence-corrected chi connectivity index (χ1v) is 6.13. The molecular weight excluding hydrogens is 335 g/mol. The average Bonchev–Trinajstić information content (AvgIpc) is 2.32. The Hall–Kier alpha value is -0.200. The maximum absolute atomic E-state index is 13.2. The van der Waals surface area contributed by atoms with Gasteiger partial charge in [-0.25, -0.2) is 0 Å². The molecule has 1 heterocycles. The summed E-state index contributed by atoms with van der Waals surface area (Å²) in [7, 11) is 0. The van der Waals surface area contributed by atoms with Crippen LogP contribution in [0.4, 0.5) is 13.2 Å². The molecule has 1 N–H and O–H groups in total. The summed E-state index contributed by atoms with van der Waals surface area (Å²) < 4.78 is 39.6. The highest BCUT2D eigenvalue weighted by molar-refractivity contribution is 6.30. The Balaban J connectivity index is 0.00000180. The van der Waals surface area contributed by atoms with Crippen LogP contribution in [0.25, 0.3) is 0 Å². The fraction of sp³-hybridized carbons (Fsp3) is 0.500. The Morgan fingerprint density at radius 3 is 2.00 bits per heavy atom. The maximum Gasteiger partial charge on any atom is 0.408 e. The number of piperazine rings is 1. The zero-order chi connectivity index (χ0) is 13.2. The van der Waals surface area contributed by atoms with Crippen LogP contribution in [0, 0.1) is 0 Å². The van der Waals surface area contributed by atoms with Gasteiger partial charge < -0.3 is 5.32 Å². The Morgan fingerprint density at radius 1 is 1.05 bits per heavy atom. The van der Waals surface area contributed by atoms with E-state index in [2.05, 4.69) is 5.32 Å². The molecule has 1 fully saturated rings. The summed E-state index contributed by atoms with van der Waals surface area (Å²) in [4.78, 5) is 1.46. The maximum atomic E-state index is 13.2. The van der Waals surface area contributed by atoms with Gasteiger partial charge in [0.2, 0.25) is 0 Å². The first-order chi connectivity index (χ1) is 8.48. The number of rotatable bonds is 2. The molecule has 8 heteroatoms. The van der Waals surface area contributed by atoms with Gasteiger partial charge >= 0.3 is 6.18 Å². The summed E-state index contributed by atoms with van der Waals surface area (Å²) in [5.41, 5.74) is 0.244. The van der Waals surface area contributed by atoms with Gasteiger partial charge in [-0.1, -0.05) is 23.7 Å². The predicted molar refractivity (Wildman–Crippen MR) is 79.2 cm³/mol. The minimum Gasteiger partial charge on any atom is -0.314 e. The second-order valence-electron chi connectivity index (χ2n) is 4.28. The zero-order valence-electron chi connectivity index (χ0n) is 10.5. The SMILES string of the molecule is Cl.Cl.FC(F)(F)[C@H](c1ccc(Cl)cc1)N1CCNCC1. The minimum atomic E-state index is -4.27. The number of nitrogens with zero attached hydrogens (tertiary/aromatic N) is 1. The van der Waals surface area contributed by atoms with E-state index in [0.717, 1.165) is 0 Å².